The predicted molar refractivity (Wildman–Crippen MR) is 68.8 cm³/mol. The van der Waals surface area contributed by atoms with Crippen molar-refractivity contribution in [2.75, 3.05) is 27.1 Å². The molecule has 0 aliphatic carbocycles. The lowest BCUT2D eigenvalue weighted by Crippen LogP contribution is -2.15. The Kier molecular flexibility index (Phi) is 6.53. The minimum absolute atomic E-state index is 0.0956. The zero-order valence-electron chi connectivity index (χ0n) is 10.3. The van der Waals surface area contributed by atoms with Crippen molar-refractivity contribution in [2.24, 2.45) is 0 Å². The molecule has 1 aromatic rings. The molecule has 0 heterocycles. The first-order valence-electron chi connectivity index (χ1n) is 5.37. The Balaban J connectivity index is 2.68. The molecule has 100 valence electrons. The molecule has 6 heteroatoms. The van der Waals surface area contributed by atoms with Crippen molar-refractivity contribution in [3.8, 4) is 11.5 Å². The molecule has 0 spiro atoms. The van der Waals surface area contributed by atoms with Gasteiger partial charge in [-0.25, -0.2) is 4.79 Å². The van der Waals surface area contributed by atoms with Gasteiger partial charge >= 0.3 is 5.97 Å². The first kappa shape index (κ1) is 14.8. The number of para-hydroxylation sites is 1. The third kappa shape index (κ3) is 4.54. The number of carbonyl (C=O) groups is 1. The SMILES string of the molecule is CCOC(=O)COc1cccc(Br)c1OCOC. The molecular formula is C12H15BrO5. The molecule has 0 N–H and O–H groups in total. The van der Waals surface area contributed by atoms with Crippen LogP contribution >= 0.6 is 15.9 Å². The van der Waals surface area contributed by atoms with Gasteiger partial charge < -0.3 is 18.9 Å². The van der Waals surface area contributed by atoms with Gasteiger partial charge in [-0.15, -0.1) is 0 Å². The summed E-state index contributed by atoms with van der Waals surface area (Å²) in [6.07, 6.45) is 0. The van der Waals surface area contributed by atoms with E-state index in [4.69, 9.17) is 18.9 Å². The molecule has 18 heavy (non-hydrogen) atoms. The van der Waals surface area contributed by atoms with Crippen LogP contribution in [0.4, 0.5) is 0 Å². The molecule has 0 saturated carbocycles. The minimum atomic E-state index is -0.421. The quantitative estimate of drug-likeness (QED) is 0.570. The highest BCUT2D eigenvalue weighted by atomic mass is 79.9. The van der Waals surface area contributed by atoms with Crippen molar-refractivity contribution in [1.82, 2.24) is 0 Å². The van der Waals surface area contributed by atoms with Crippen molar-refractivity contribution in [2.45, 2.75) is 6.92 Å². The van der Waals surface area contributed by atoms with Gasteiger partial charge in [-0.2, -0.15) is 0 Å². The summed E-state index contributed by atoms with van der Waals surface area (Å²) in [5.41, 5.74) is 0. The zero-order chi connectivity index (χ0) is 13.4. The van der Waals surface area contributed by atoms with Crippen molar-refractivity contribution < 1.29 is 23.7 Å². The molecule has 0 bridgehead atoms. The fraction of sp³-hybridized carbons (Fsp3) is 0.417. The number of hydrogen-bond acceptors (Lipinski definition) is 5. The lowest BCUT2D eigenvalue weighted by molar-refractivity contribution is -0.145. The van der Waals surface area contributed by atoms with Crippen LogP contribution in [0, 0.1) is 0 Å². The number of carbonyl (C=O) groups excluding carboxylic acids is 1. The smallest absolute Gasteiger partial charge is 0.344 e. The molecule has 0 amide bonds. The van der Waals surface area contributed by atoms with Gasteiger partial charge in [0.05, 0.1) is 11.1 Å². The van der Waals surface area contributed by atoms with E-state index >= 15 is 0 Å². The molecule has 0 atom stereocenters. The highest BCUT2D eigenvalue weighted by Crippen LogP contribution is 2.35. The number of ether oxygens (including phenoxy) is 4. The number of esters is 1. The van der Waals surface area contributed by atoms with E-state index in [1.54, 1.807) is 19.1 Å². The molecule has 1 aromatic carbocycles. The number of rotatable bonds is 7. The Morgan fingerprint density at radius 1 is 1.33 bits per heavy atom. The largest absolute Gasteiger partial charge is 0.478 e. The monoisotopic (exact) mass is 318 g/mol. The van der Waals surface area contributed by atoms with Crippen molar-refractivity contribution >= 4 is 21.9 Å². The van der Waals surface area contributed by atoms with Gasteiger partial charge in [0.2, 0.25) is 0 Å². The van der Waals surface area contributed by atoms with Crippen LogP contribution in [0.3, 0.4) is 0 Å². The Bertz CT molecular complexity index is 394. The normalized spacial score (nSPS) is 9.94. The van der Waals surface area contributed by atoms with E-state index < -0.39 is 5.97 Å². The fourth-order valence-electron chi connectivity index (χ4n) is 1.20. The van der Waals surface area contributed by atoms with E-state index in [2.05, 4.69) is 15.9 Å². The highest BCUT2D eigenvalue weighted by Gasteiger charge is 2.11. The van der Waals surface area contributed by atoms with Gasteiger partial charge in [0.25, 0.3) is 0 Å². The van der Waals surface area contributed by atoms with Gasteiger partial charge in [-0.3, -0.25) is 0 Å². The van der Waals surface area contributed by atoms with E-state index in [9.17, 15) is 4.79 Å². The Labute approximate surface area is 114 Å². The average Bonchev–Trinajstić information content (AvgIpc) is 2.35. The minimum Gasteiger partial charge on any atom is -0.478 e. The first-order chi connectivity index (χ1) is 8.69. The summed E-state index contributed by atoms with van der Waals surface area (Å²) < 4.78 is 21.0. The molecule has 0 aliphatic heterocycles. The van der Waals surface area contributed by atoms with E-state index in [-0.39, 0.29) is 13.4 Å². The maximum atomic E-state index is 11.2. The third-order valence-corrected chi connectivity index (χ3v) is 2.53. The van der Waals surface area contributed by atoms with Crippen LogP contribution in [0.15, 0.2) is 22.7 Å². The van der Waals surface area contributed by atoms with Crippen LogP contribution in [0.1, 0.15) is 6.92 Å². The molecule has 0 unspecified atom stereocenters. The van der Waals surface area contributed by atoms with Gasteiger partial charge in [0, 0.05) is 7.11 Å². The molecule has 0 aromatic heterocycles. The third-order valence-electron chi connectivity index (χ3n) is 1.90. The average molecular weight is 319 g/mol. The Morgan fingerprint density at radius 3 is 2.78 bits per heavy atom. The molecule has 0 saturated heterocycles. The number of halogens is 1. The number of hydrogen-bond donors (Lipinski definition) is 0. The molecule has 1 rings (SSSR count). The summed E-state index contributed by atoms with van der Waals surface area (Å²) >= 11 is 3.34. The van der Waals surface area contributed by atoms with E-state index in [1.165, 1.54) is 7.11 Å². The summed E-state index contributed by atoms with van der Waals surface area (Å²) in [5.74, 6) is 0.522. The first-order valence-corrected chi connectivity index (χ1v) is 6.17. The topological polar surface area (TPSA) is 54.0 Å². The van der Waals surface area contributed by atoms with Gasteiger partial charge in [-0.05, 0) is 35.0 Å². The second-order valence-electron chi connectivity index (χ2n) is 3.21. The van der Waals surface area contributed by atoms with Crippen LogP contribution in [0.25, 0.3) is 0 Å². The lowest BCUT2D eigenvalue weighted by atomic mass is 10.3. The van der Waals surface area contributed by atoms with Crippen LogP contribution in [-0.4, -0.2) is 33.1 Å². The van der Waals surface area contributed by atoms with E-state index in [1.807, 2.05) is 6.07 Å². The van der Waals surface area contributed by atoms with Gasteiger partial charge in [0.15, 0.2) is 24.9 Å². The fourth-order valence-corrected chi connectivity index (χ4v) is 1.66. The van der Waals surface area contributed by atoms with Crippen LogP contribution in [0.5, 0.6) is 11.5 Å². The molecule has 0 fully saturated rings. The van der Waals surface area contributed by atoms with E-state index in [0.717, 1.165) is 4.47 Å². The molecule has 0 radical (unpaired) electrons. The lowest BCUT2D eigenvalue weighted by Gasteiger charge is -2.13. The summed E-state index contributed by atoms with van der Waals surface area (Å²) in [6, 6.07) is 5.29. The molecular weight excluding hydrogens is 304 g/mol. The van der Waals surface area contributed by atoms with Gasteiger partial charge in [0.1, 0.15) is 0 Å². The standard InChI is InChI=1S/C12H15BrO5/c1-3-16-11(14)7-17-10-6-4-5-9(13)12(10)18-8-15-2/h4-6H,3,7-8H2,1-2H3. The summed E-state index contributed by atoms with van der Waals surface area (Å²) in [7, 11) is 1.52. The van der Waals surface area contributed by atoms with Crippen molar-refractivity contribution in [3.63, 3.8) is 0 Å². The Morgan fingerprint density at radius 2 is 2.11 bits per heavy atom. The second-order valence-corrected chi connectivity index (χ2v) is 4.07. The predicted octanol–water partition coefficient (Wildman–Crippen LogP) is 2.37. The Hall–Kier alpha value is -1.27. The zero-order valence-corrected chi connectivity index (χ0v) is 11.9. The molecule has 0 aliphatic rings. The van der Waals surface area contributed by atoms with Crippen molar-refractivity contribution in [3.05, 3.63) is 22.7 Å². The highest BCUT2D eigenvalue weighted by molar-refractivity contribution is 9.10. The van der Waals surface area contributed by atoms with Crippen LogP contribution < -0.4 is 9.47 Å². The van der Waals surface area contributed by atoms with Gasteiger partial charge in [-0.1, -0.05) is 6.07 Å². The van der Waals surface area contributed by atoms with Crippen LogP contribution in [0.2, 0.25) is 0 Å². The van der Waals surface area contributed by atoms with Crippen molar-refractivity contribution in [1.29, 1.82) is 0 Å². The maximum Gasteiger partial charge on any atom is 0.344 e. The summed E-state index contributed by atoms with van der Waals surface area (Å²) in [6.45, 7) is 2.00. The van der Waals surface area contributed by atoms with Crippen LogP contribution in [-0.2, 0) is 14.3 Å². The summed E-state index contributed by atoms with van der Waals surface area (Å²) in [5, 5.41) is 0. The molecule has 5 nitrogen and oxygen atoms in total. The van der Waals surface area contributed by atoms with E-state index in [0.29, 0.717) is 18.1 Å². The maximum absolute atomic E-state index is 11.2. The summed E-state index contributed by atoms with van der Waals surface area (Å²) in [4.78, 5) is 11.2. The number of methoxy groups -OCH3 is 1. The second kappa shape index (κ2) is 7.94. The number of benzene rings is 1.